The molecular formula is C15H11ClN2O. The fourth-order valence-electron chi connectivity index (χ4n) is 2.05. The summed E-state index contributed by atoms with van der Waals surface area (Å²) in [4.78, 5) is 15.3. The molecule has 3 aromatic rings. The van der Waals surface area contributed by atoms with E-state index >= 15 is 0 Å². The van der Waals surface area contributed by atoms with Crippen LogP contribution in [0.4, 0.5) is 0 Å². The molecule has 0 radical (unpaired) electrons. The molecule has 2 aromatic heterocycles. The number of hydrogen-bond acceptors (Lipinski definition) is 2. The van der Waals surface area contributed by atoms with Gasteiger partial charge in [0.25, 0.3) is 0 Å². The zero-order valence-corrected chi connectivity index (χ0v) is 10.8. The van der Waals surface area contributed by atoms with Crippen LogP contribution in [-0.4, -0.2) is 15.7 Å². The molecular weight excluding hydrogens is 260 g/mol. The van der Waals surface area contributed by atoms with E-state index < -0.39 is 0 Å². The standard InChI is InChI=1S/C15H11ClN2O/c16-14-4-2-1-3-12(14)7-13-9-18-8-11(10-19)5-6-15(18)17-13/h1-6,8-10H,7H2. The number of halogens is 1. The Bertz CT molecular complexity index is 749. The minimum absolute atomic E-state index is 0.634. The van der Waals surface area contributed by atoms with Crippen molar-refractivity contribution in [1.29, 1.82) is 0 Å². The van der Waals surface area contributed by atoms with E-state index in [0.29, 0.717) is 12.0 Å². The summed E-state index contributed by atoms with van der Waals surface area (Å²) in [6.45, 7) is 0. The zero-order chi connectivity index (χ0) is 13.2. The van der Waals surface area contributed by atoms with Crippen LogP contribution < -0.4 is 0 Å². The third-order valence-electron chi connectivity index (χ3n) is 2.99. The molecule has 0 bridgehead atoms. The van der Waals surface area contributed by atoms with E-state index in [4.69, 9.17) is 11.6 Å². The van der Waals surface area contributed by atoms with Gasteiger partial charge in [-0.1, -0.05) is 29.8 Å². The SMILES string of the molecule is O=Cc1ccc2nc(Cc3ccccc3Cl)cn2c1. The number of hydrogen-bond donors (Lipinski definition) is 0. The Labute approximate surface area is 115 Å². The number of benzene rings is 1. The van der Waals surface area contributed by atoms with Gasteiger partial charge in [0.1, 0.15) is 5.65 Å². The van der Waals surface area contributed by atoms with E-state index in [0.717, 1.165) is 28.2 Å². The molecule has 0 saturated carbocycles. The molecule has 0 fully saturated rings. The van der Waals surface area contributed by atoms with Gasteiger partial charge in [0.15, 0.2) is 6.29 Å². The van der Waals surface area contributed by atoms with Crippen LogP contribution in [0, 0.1) is 0 Å². The van der Waals surface area contributed by atoms with Crippen molar-refractivity contribution in [2.24, 2.45) is 0 Å². The minimum atomic E-state index is 0.634. The Balaban J connectivity index is 1.98. The van der Waals surface area contributed by atoms with Gasteiger partial charge in [0, 0.05) is 29.4 Å². The van der Waals surface area contributed by atoms with E-state index in [-0.39, 0.29) is 0 Å². The first-order valence-electron chi connectivity index (χ1n) is 5.92. The van der Waals surface area contributed by atoms with Gasteiger partial charge in [-0.05, 0) is 23.8 Å². The third-order valence-corrected chi connectivity index (χ3v) is 3.36. The Morgan fingerprint density at radius 1 is 1.16 bits per heavy atom. The maximum Gasteiger partial charge on any atom is 0.151 e. The van der Waals surface area contributed by atoms with Gasteiger partial charge in [-0.3, -0.25) is 4.79 Å². The second kappa shape index (κ2) is 4.86. The summed E-state index contributed by atoms with van der Waals surface area (Å²) in [6, 6.07) is 11.3. The number of imidazole rings is 1. The highest BCUT2D eigenvalue weighted by Crippen LogP contribution is 2.19. The molecule has 1 aromatic carbocycles. The monoisotopic (exact) mass is 270 g/mol. The topological polar surface area (TPSA) is 34.4 Å². The van der Waals surface area contributed by atoms with Crippen LogP contribution in [-0.2, 0) is 6.42 Å². The number of pyridine rings is 1. The second-order valence-electron chi connectivity index (χ2n) is 4.35. The fraction of sp³-hybridized carbons (Fsp3) is 0.0667. The molecule has 0 aliphatic carbocycles. The van der Waals surface area contributed by atoms with Crippen LogP contribution >= 0.6 is 11.6 Å². The van der Waals surface area contributed by atoms with Gasteiger partial charge in [-0.25, -0.2) is 4.98 Å². The van der Waals surface area contributed by atoms with Crippen molar-refractivity contribution in [3.63, 3.8) is 0 Å². The molecule has 0 aliphatic rings. The molecule has 2 heterocycles. The average Bonchev–Trinajstić information content (AvgIpc) is 2.82. The van der Waals surface area contributed by atoms with Crippen molar-refractivity contribution in [3.05, 3.63) is 70.6 Å². The normalized spacial score (nSPS) is 10.8. The van der Waals surface area contributed by atoms with Crippen LogP contribution in [0.5, 0.6) is 0 Å². The number of fused-ring (bicyclic) bond motifs is 1. The van der Waals surface area contributed by atoms with Crippen molar-refractivity contribution in [3.8, 4) is 0 Å². The molecule has 0 saturated heterocycles. The van der Waals surface area contributed by atoms with Crippen LogP contribution in [0.3, 0.4) is 0 Å². The van der Waals surface area contributed by atoms with E-state index in [1.54, 1.807) is 12.3 Å². The molecule has 0 atom stereocenters. The lowest BCUT2D eigenvalue weighted by atomic mass is 10.1. The quantitative estimate of drug-likeness (QED) is 0.684. The fourth-order valence-corrected chi connectivity index (χ4v) is 2.26. The van der Waals surface area contributed by atoms with Crippen LogP contribution in [0.15, 0.2) is 48.8 Å². The van der Waals surface area contributed by atoms with E-state index in [1.165, 1.54) is 0 Å². The third kappa shape index (κ3) is 2.37. The number of carbonyl (C=O) groups excluding carboxylic acids is 1. The van der Waals surface area contributed by atoms with Gasteiger partial charge < -0.3 is 4.40 Å². The summed E-state index contributed by atoms with van der Waals surface area (Å²) in [7, 11) is 0. The first-order valence-corrected chi connectivity index (χ1v) is 6.30. The number of aromatic nitrogens is 2. The molecule has 0 unspecified atom stereocenters. The number of carbonyl (C=O) groups is 1. The summed E-state index contributed by atoms with van der Waals surface area (Å²) in [6.07, 6.45) is 5.20. The number of rotatable bonds is 3. The molecule has 0 N–H and O–H groups in total. The van der Waals surface area contributed by atoms with E-state index in [9.17, 15) is 4.79 Å². The van der Waals surface area contributed by atoms with Gasteiger partial charge in [-0.15, -0.1) is 0 Å². The highest BCUT2D eigenvalue weighted by Gasteiger charge is 2.05. The Morgan fingerprint density at radius 2 is 2.00 bits per heavy atom. The van der Waals surface area contributed by atoms with E-state index in [2.05, 4.69) is 4.98 Å². The van der Waals surface area contributed by atoms with Crippen LogP contribution in [0.2, 0.25) is 5.02 Å². The maximum atomic E-state index is 10.7. The predicted octanol–water partition coefficient (Wildman–Crippen LogP) is 3.39. The van der Waals surface area contributed by atoms with Crippen molar-refractivity contribution in [2.75, 3.05) is 0 Å². The van der Waals surface area contributed by atoms with E-state index in [1.807, 2.05) is 40.9 Å². The van der Waals surface area contributed by atoms with Crippen LogP contribution in [0.25, 0.3) is 5.65 Å². The number of aldehydes is 1. The highest BCUT2D eigenvalue weighted by atomic mass is 35.5. The molecule has 94 valence electrons. The molecule has 19 heavy (non-hydrogen) atoms. The molecule has 3 nitrogen and oxygen atoms in total. The first-order chi connectivity index (χ1) is 9.26. The van der Waals surface area contributed by atoms with Gasteiger partial charge in [-0.2, -0.15) is 0 Å². The summed E-state index contributed by atoms with van der Waals surface area (Å²) in [5.74, 6) is 0. The van der Waals surface area contributed by atoms with Crippen molar-refractivity contribution in [2.45, 2.75) is 6.42 Å². The lowest BCUT2D eigenvalue weighted by Crippen LogP contribution is -1.88. The molecule has 3 rings (SSSR count). The van der Waals surface area contributed by atoms with Crippen molar-refractivity contribution in [1.82, 2.24) is 9.38 Å². The molecule has 0 aliphatic heterocycles. The summed E-state index contributed by atoms with van der Waals surface area (Å²) >= 11 is 6.14. The molecule has 0 spiro atoms. The lowest BCUT2D eigenvalue weighted by Gasteiger charge is -2.00. The van der Waals surface area contributed by atoms with Crippen molar-refractivity contribution >= 4 is 23.5 Å². The Hall–Kier alpha value is -2.13. The Kier molecular flexibility index (Phi) is 3.05. The first kappa shape index (κ1) is 11.9. The summed E-state index contributed by atoms with van der Waals surface area (Å²) in [5.41, 5.74) is 3.43. The molecule has 4 heteroatoms. The largest absolute Gasteiger partial charge is 0.306 e. The maximum absolute atomic E-state index is 10.7. The Morgan fingerprint density at radius 3 is 2.79 bits per heavy atom. The zero-order valence-electron chi connectivity index (χ0n) is 10.1. The van der Waals surface area contributed by atoms with Crippen LogP contribution in [0.1, 0.15) is 21.6 Å². The average molecular weight is 271 g/mol. The predicted molar refractivity (Wildman–Crippen MR) is 74.8 cm³/mol. The second-order valence-corrected chi connectivity index (χ2v) is 4.75. The number of nitrogens with zero attached hydrogens (tertiary/aromatic N) is 2. The van der Waals surface area contributed by atoms with Gasteiger partial charge >= 0.3 is 0 Å². The smallest absolute Gasteiger partial charge is 0.151 e. The minimum Gasteiger partial charge on any atom is -0.306 e. The molecule has 0 amide bonds. The van der Waals surface area contributed by atoms with Gasteiger partial charge in [0.05, 0.1) is 5.69 Å². The van der Waals surface area contributed by atoms with Gasteiger partial charge in [0.2, 0.25) is 0 Å². The summed E-state index contributed by atoms with van der Waals surface area (Å²) in [5, 5.41) is 0.744. The summed E-state index contributed by atoms with van der Waals surface area (Å²) < 4.78 is 1.86. The lowest BCUT2D eigenvalue weighted by molar-refractivity contribution is 0.112. The highest BCUT2D eigenvalue weighted by molar-refractivity contribution is 6.31. The van der Waals surface area contributed by atoms with Crippen molar-refractivity contribution < 1.29 is 4.79 Å².